The van der Waals surface area contributed by atoms with Crippen LogP contribution in [-0.4, -0.2) is 23.2 Å². The molecule has 3 nitrogen and oxygen atoms in total. The van der Waals surface area contributed by atoms with Gasteiger partial charge in [-0.2, -0.15) is 0 Å². The van der Waals surface area contributed by atoms with Crippen LogP contribution in [0.1, 0.15) is 36.0 Å². The first-order chi connectivity index (χ1) is 10.9. The normalized spacial score (nSPS) is 13.8. The summed E-state index contributed by atoms with van der Waals surface area (Å²) < 4.78 is 0. The third-order valence-electron chi connectivity index (χ3n) is 3.93. The summed E-state index contributed by atoms with van der Waals surface area (Å²) in [6.45, 7) is 5.87. The van der Waals surface area contributed by atoms with Crippen molar-refractivity contribution in [2.45, 2.75) is 37.0 Å². The Labute approximate surface area is 146 Å². The van der Waals surface area contributed by atoms with Gasteiger partial charge in [-0.1, -0.05) is 32.0 Å². The molecule has 1 heterocycles. The lowest BCUT2D eigenvalue weighted by molar-refractivity contribution is 0.0142. The molecule has 0 radical (unpaired) electrons. The summed E-state index contributed by atoms with van der Waals surface area (Å²) in [5.74, 6) is 0.789. The molecule has 0 aliphatic rings. The van der Waals surface area contributed by atoms with Gasteiger partial charge in [0.2, 0.25) is 0 Å². The highest BCUT2D eigenvalue weighted by Crippen LogP contribution is 2.28. The molecule has 124 valence electrons. The lowest BCUT2D eigenvalue weighted by Crippen LogP contribution is -2.44. The van der Waals surface area contributed by atoms with Crippen LogP contribution in [0, 0.1) is 5.92 Å². The number of carbonyl (C=O) groups is 1. The maximum absolute atomic E-state index is 12.5. The maximum atomic E-state index is 12.5. The van der Waals surface area contributed by atoms with E-state index in [2.05, 4.69) is 16.8 Å². The number of aliphatic hydroxyl groups is 1. The van der Waals surface area contributed by atoms with Crippen molar-refractivity contribution >= 4 is 29.0 Å². The number of rotatable bonds is 7. The van der Waals surface area contributed by atoms with Crippen LogP contribution in [0.15, 0.2) is 46.7 Å². The summed E-state index contributed by atoms with van der Waals surface area (Å²) in [6.07, 6.45) is 0. The monoisotopic (exact) mass is 349 g/mol. The first-order valence-corrected chi connectivity index (χ1v) is 9.51. The number of hydrogen-bond acceptors (Lipinski definition) is 4. The first-order valence-electron chi connectivity index (χ1n) is 7.65. The van der Waals surface area contributed by atoms with Gasteiger partial charge >= 0.3 is 0 Å². The van der Waals surface area contributed by atoms with E-state index in [1.807, 2.05) is 44.2 Å². The van der Waals surface area contributed by atoms with Crippen molar-refractivity contribution in [3.8, 4) is 0 Å². The quantitative estimate of drug-likeness (QED) is 0.737. The number of benzene rings is 1. The topological polar surface area (TPSA) is 49.3 Å². The van der Waals surface area contributed by atoms with Gasteiger partial charge in [0, 0.05) is 22.1 Å². The predicted octanol–water partition coefficient (Wildman–Crippen LogP) is 4.18. The van der Waals surface area contributed by atoms with Gasteiger partial charge in [0.15, 0.2) is 0 Å². The minimum Gasteiger partial charge on any atom is -0.388 e. The van der Waals surface area contributed by atoms with E-state index in [1.165, 1.54) is 4.88 Å². The fourth-order valence-corrected chi connectivity index (χ4v) is 3.71. The van der Waals surface area contributed by atoms with Gasteiger partial charge in [0.25, 0.3) is 5.91 Å². The molecule has 1 aromatic heterocycles. The molecular weight excluding hydrogens is 326 g/mol. The number of thiophene rings is 1. The van der Waals surface area contributed by atoms with Crippen LogP contribution in [0.3, 0.4) is 0 Å². The Hall–Kier alpha value is -1.30. The highest BCUT2D eigenvalue weighted by molar-refractivity contribution is 7.98. The molecule has 1 aromatic carbocycles. The van der Waals surface area contributed by atoms with Crippen molar-refractivity contribution in [3.05, 3.63) is 52.2 Å². The summed E-state index contributed by atoms with van der Waals surface area (Å²) in [4.78, 5) is 14.7. The molecule has 0 spiro atoms. The van der Waals surface area contributed by atoms with Crippen molar-refractivity contribution in [2.75, 3.05) is 6.54 Å². The molecular formula is C18H23NO2S2. The van der Waals surface area contributed by atoms with Crippen LogP contribution in [0.2, 0.25) is 0 Å². The number of hydrogen-bond donors (Lipinski definition) is 2. The van der Waals surface area contributed by atoms with Gasteiger partial charge in [-0.3, -0.25) is 4.79 Å². The lowest BCUT2D eigenvalue weighted by Gasteiger charge is -2.27. The number of thioether (sulfide) groups is 1. The molecule has 5 heteroatoms. The third kappa shape index (κ3) is 5.09. The fourth-order valence-electron chi connectivity index (χ4n) is 1.88. The molecule has 0 aliphatic carbocycles. The van der Waals surface area contributed by atoms with Crippen molar-refractivity contribution in [2.24, 2.45) is 5.92 Å². The summed E-state index contributed by atoms with van der Waals surface area (Å²) >= 11 is 3.38. The molecule has 0 saturated carbocycles. The Balaban J connectivity index is 2.02. The van der Waals surface area contributed by atoms with Gasteiger partial charge < -0.3 is 10.4 Å². The summed E-state index contributed by atoms with van der Waals surface area (Å²) in [6, 6.07) is 11.7. The third-order valence-corrected chi connectivity index (χ3v) is 6.11. The van der Waals surface area contributed by atoms with Crippen molar-refractivity contribution in [3.63, 3.8) is 0 Å². The maximum Gasteiger partial charge on any atom is 0.252 e. The van der Waals surface area contributed by atoms with E-state index in [0.717, 1.165) is 10.6 Å². The Morgan fingerprint density at radius 2 is 2.04 bits per heavy atom. The zero-order valence-corrected chi connectivity index (χ0v) is 15.3. The summed E-state index contributed by atoms with van der Waals surface area (Å²) in [7, 11) is 0. The van der Waals surface area contributed by atoms with Crippen molar-refractivity contribution in [1.82, 2.24) is 5.32 Å². The average Bonchev–Trinajstić information content (AvgIpc) is 3.04. The van der Waals surface area contributed by atoms with E-state index in [0.29, 0.717) is 5.56 Å². The highest BCUT2D eigenvalue weighted by atomic mass is 32.2. The van der Waals surface area contributed by atoms with Crippen LogP contribution in [-0.2, 0) is 5.75 Å². The van der Waals surface area contributed by atoms with Gasteiger partial charge in [0.05, 0.1) is 11.2 Å². The molecule has 2 N–H and O–H groups in total. The molecule has 0 aliphatic heterocycles. The van der Waals surface area contributed by atoms with E-state index in [1.54, 1.807) is 30.0 Å². The smallest absolute Gasteiger partial charge is 0.252 e. The SMILES string of the molecule is CC(C)C(C)(O)CNC(=O)c1ccccc1SCc1cccs1. The van der Waals surface area contributed by atoms with Crippen LogP contribution in [0.25, 0.3) is 0 Å². The minimum atomic E-state index is -0.908. The Morgan fingerprint density at radius 3 is 2.70 bits per heavy atom. The van der Waals surface area contributed by atoms with Crippen LogP contribution >= 0.6 is 23.1 Å². The van der Waals surface area contributed by atoms with Crippen LogP contribution < -0.4 is 5.32 Å². The van der Waals surface area contributed by atoms with Crippen molar-refractivity contribution < 1.29 is 9.90 Å². The second-order valence-corrected chi connectivity index (χ2v) is 8.11. The van der Waals surface area contributed by atoms with E-state index >= 15 is 0 Å². The van der Waals surface area contributed by atoms with Gasteiger partial charge in [0.1, 0.15) is 0 Å². The van der Waals surface area contributed by atoms with E-state index in [9.17, 15) is 9.90 Å². The number of carbonyl (C=O) groups excluding carboxylic acids is 1. The standard InChI is InChI=1S/C18H23NO2S2/c1-13(2)18(3,21)12-19-17(20)15-8-4-5-9-16(15)23-11-14-7-6-10-22-14/h4-10,13,21H,11-12H2,1-3H3,(H,19,20). The average molecular weight is 350 g/mol. The fraction of sp³-hybridized carbons (Fsp3) is 0.389. The second-order valence-electron chi connectivity index (χ2n) is 6.06. The molecule has 2 aromatic rings. The van der Waals surface area contributed by atoms with Gasteiger partial charge in [-0.05, 0) is 36.4 Å². The summed E-state index contributed by atoms with van der Waals surface area (Å²) in [5.41, 5.74) is -0.247. The molecule has 23 heavy (non-hydrogen) atoms. The Kier molecular flexibility index (Phi) is 6.27. The Morgan fingerprint density at radius 1 is 1.30 bits per heavy atom. The molecule has 1 atom stereocenters. The number of nitrogens with one attached hydrogen (secondary N) is 1. The lowest BCUT2D eigenvalue weighted by atomic mass is 9.92. The van der Waals surface area contributed by atoms with Crippen LogP contribution in [0.5, 0.6) is 0 Å². The second kappa shape index (κ2) is 7.99. The zero-order chi connectivity index (χ0) is 16.9. The van der Waals surface area contributed by atoms with Gasteiger partial charge in [-0.25, -0.2) is 0 Å². The Bertz CT molecular complexity index is 636. The number of amides is 1. The molecule has 0 bridgehead atoms. The van der Waals surface area contributed by atoms with Gasteiger partial charge in [-0.15, -0.1) is 23.1 Å². The summed E-state index contributed by atoms with van der Waals surface area (Å²) in [5, 5.41) is 15.2. The molecule has 1 unspecified atom stereocenters. The minimum absolute atomic E-state index is 0.0752. The van der Waals surface area contributed by atoms with E-state index in [4.69, 9.17) is 0 Å². The highest BCUT2D eigenvalue weighted by Gasteiger charge is 2.25. The largest absolute Gasteiger partial charge is 0.388 e. The molecule has 0 saturated heterocycles. The van der Waals surface area contributed by atoms with E-state index in [-0.39, 0.29) is 18.4 Å². The van der Waals surface area contributed by atoms with Crippen molar-refractivity contribution in [1.29, 1.82) is 0 Å². The molecule has 1 amide bonds. The predicted molar refractivity (Wildman–Crippen MR) is 98.1 cm³/mol. The molecule has 2 rings (SSSR count). The molecule has 0 fully saturated rings. The van der Waals surface area contributed by atoms with Crippen LogP contribution in [0.4, 0.5) is 0 Å². The first kappa shape index (κ1) is 18.0. The van der Waals surface area contributed by atoms with E-state index < -0.39 is 5.60 Å². The zero-order valence-electron chi connectivity index (χ0n) is 13.7.